The highest BCUT2D eigenvalue weighted by Gasteiger charge is 2.22. The monoisotopic (exact) mass is 395 g/mol. The molecule has 7 heteroatoms. The number of ether oxygens (including phenoxy) is 1. The van der Waals surface area contributed by atoms with Crippen LogP contribution in [-0.2, 0) is 4.79 Å². The Bertz CT molecular complexity index is 1130. The van der Waals surface area contributed by atoms with Gasteiger partial charge in [-0.1, -0.05) is 19.1 Å². The Morgan fingerprint density at radius 2 is 1.76 bits per heavy atom. The van der Waals surface area contributed by atoms with E-state index in [0.717, 1.165) is 11.0 Å². The molecule has 0 aliphatic carbocycles. The first-order valence-corrected chi connectivity index (χ1v) is 9.76. The standard InChI is InChI=1S/C22H25N3O4/c1-4-14-23-20(26)15(3)24-19-9-7-6-8-18(19)21(27)25(22(24)28)16-10-12-17(13-11-16)29-5-2/h6-13,15H,4-5,14H2,1-3H3,(H,23,26)/t15-/m0/s1. The van der Waals surface area contributed by atoms with E-state index in [2.05, 4.69) is 5.32 Å². The molecule has 0 saturated heterocycles. The van der Waals surface area contributed by atoms with Crippen LogP contribution in [0.4, 0.5) is 0 Å². The zero-order valence-electron chi connectivity index (χ0n) is 16.8. The third-order valence-corrected chi connectivity index (χ3v) is 4.72. The van der Waals surface area contributed by atoms with E-state index in [1.165, 1.54) is 4.57 Å². The van der Waals surface area contributed by atoms with E-state index in [-0.39, 0.29) is 5.91 Å². The molecule has 29 heavy (non-hydrogen) atoms. The molecule has 3 rings (SSSR count). The Labute approximate surface area is 168 Å². The average molecular weight is 395 g/mol. The first kappa shape index (κ1) is 20.4. The van der Waals surface area contributed by atoms with E-state index >= 15 is 0 Å². The molecule has 1 amide bonds. The van der Waals surface area contributed by atoms with Crippen molar-refractivity contribution in [2.24, 2.45) is 0 Å². The lowest BCUT2D eigenvalue weighted by molar-refractivity contribution is -0.123. The van der Waals surface area contributed by atoms with Crippen LogP contribution in [-0.4, -0.2) is 28.2 Å². The summed E-state index contributed by atoms with van der Waals surface area (Å²) in [7, 11) is 0. The second-order valence-corrected chi connectivity index (χ2v) is 6.70. The third-order valence-electron chi connectivity index (χ3n) is 4.72. The lowest BCUT2D eigenvalue weighted by Gasteiger charge is -2.19. The van der Waals surface area contributed by atoms with Crippen molar-refractivity contribution in [1.82, 2.24) is 14.5 Å². The number of amides is 1. The van der Waals surface area contributed by atoms with Crippen LogP contribution in [0.15, 0.2) is 58.1 Å². The summed E-state index contributed by atoms with van der Waals surface area (Å²) in [5.74, 6) is 0.383. The van der Waals surface area contributed by atoms with Crippen molar-refractivity contribution in [2.45, 2.75) is 33.2 Å². The Morgan fingerprint density at radius 1 is 1.07 bits per heavy atom. The predicted octanol–water partition coefficient (Wildman–Crippen LogP) is 2.64. The summed E-state index contributed by atoms with van der Waals surface area (Å²) in [6.07, 6.45) is 0.791. The van der Waals surface area contributed by atoms with Gasteiger partial charge < -0.3 is 10.1 Å². The zero-order chi connectivity index (χ0) is 21.0. The molecular formula is C22H25N3O4. The summed E-state index contributed by atoms with van der Waals surface area (Å²) in [4.78, 5) is 39.0. The lowest BCUT2D eigenvalue weighted by Crippen LogP contribution is -2.43. The Balaban J connectivity index is 2.23. The molecule has 0 saturated carbocycles. The number of para-hydroxylation sites is 1. The van der Waals surface area contributed by atoms with Crippen LogP contribution in [0.25, 0.3) is 16.6 Å². The minimum absolute atomic E-state index is 0.268. The smallest absolute Gasteiger partial charge is 0.336 e. The van der Waals surface area contributed by atoms with E-state index in [4.69, 9.17) is 4.74 Å². The summed E-state index contributed by atoms with van der Waals surface area (Å²) < 4.78 is 7.91. The average Bonchev–Trinajstić information content (AvgIpc) is 2.73. The molecular weight excluding hydrogens is 370 g/mol. The fraction of sp³-hybridized carbons (Fsp3) is 0.318. The Kier molecular flexibility index (Phi) is 6.16. The number of hydrogen-bond donors (Lipinski definition) is 1. The molecule has 0 aliphatic heterocycles. The normalized spacial score (nSPS) is 12.0. The van der Waals surface area contributed by atoms with Gasteiger partial charge in [0.05, 0.1) is 23.2 Å². The van der Waals surface area contributed by atoms with Gasteiger partial charge in [0.15, 0.2) is 0 Å². The fourth-order valence-electron chi connectivity index (χ4n) is 3.26. The fourth-order valence-corrected chi connectivity index (χ4v) is 3.26. The topological polar surface area (TPSA) is 82.3 Å². The number of benzene rings is 2. The highest BCUT2D eigenvalue weighted by molar-refractivity contribution is 5.84. The minimum Gasteiger partial charge on any atom is -0.494 e. The second-order valence-electron chi connectivity index (χ2n) is 6.70. The van der Waals surface area contributed by atoms with E-state index in [1.807, 2.05) is 13.8 Å². The summed E-state index contributed by atoms with van der Waals surface area (Å²) >= 11 is 0. The van der Waals surface area contributed by atoms with E-state index in [9.17, 15) is 14.4 Å². The molecule has 1 N–H and O–H groups in total. The molecule has 0 bridgehead atoms. The van der Waals surface area contributed by atoms with Gasteiger partial charge >= 0.3 is 5.69 Å². The van der Waals surface area contributed by atoms with Crippen LogP contribution in [0.5, 0.6) is 5.75 Å². The highest BCUT2D eigenvalue weighted by Crippen LogP contribution is 2.17. The number of nitrogens with zero attached hydrogens (tertiary/aromatic N) is 2. The van der Waals surface area contributed by atoms with E-state index in [1.54, 1.807) is 55.5 Å². The lowest BCUT2D eigenvalue weighted by atomic mass is 10.2. The zero-order valence-corrected chi connectivity index (χ0v) is 16.8. The molecule has 0 fully saturated rings. The number of carbonyl (C=O) groups excluding carboxylic acids is 1. The molecule has 0 spiro atoms. The Morgan fingerprint density at radius 3 is 2.41 bits per heavy atom. The highest BCUT2D eigenvalue weighted by atomic mass is 16.5. The maximum absolute atomic E-state index is 13.3. The van der Waals surface area contributed by atoms with Gasteiger partial charge in [0.1, 0.15) is 11.8 Å². The van der Waals surface area contributed by atoms with Gasteiger partial charge in [0.2, 0.25) is 5.91 Å². The van der Waals surface area contributed by atoms with Crippen LogP contribution >= 0.6 is 0 Å². The van der Waals surface area contributed by atoms with Crippen molar-refractivity contribution in [3.05, 3.63) is 69.4 Å². The van der Waals surface area contributed by atoms with Crippen LogP contribution in [0.2, 0.25) is 0 Å². The maximum Gasteiger partial charge on any atom is 0.336 e. The van der Waals surface area contributed by atoms with E-state index < -0.39 is 17.3 Å². The molecule has 1 heterocycles. The van der Waals surface area contributed by atoms with Gasteiger partial charge in [-0.3, -0.25) is 14.2 Å². The summed E-state index contributed by atoms with van der Waals surface area (Å²) in [5, 5.41) is 3.19. The molecule has 3 aromatic rings. The molecule has 0 unspecified atom stereocenters. The molecule has 7 nitrogen and oxygen atoms in total. The maximum atomic E-state index is 13.3. The van der Waals surface area contributed by atoms with Gasteiger partial charge in [-0.2, -0.15) is 0 Å². The molecule has 0 radical (unpaired) electrons. The van der Waals surface area contributed by atoms with E-state index in [0.29, 0.717) is 35.5 Å². The van der Waals surface area contributed by atoms with Crippen molar-refractivity contribution in [3.8, 4) is 11.4 Å². The molecule has 2 aromatic carbocycles. The van der Waals surface area contributed by atoms with Crippen LogP contribution < -0.4 is 21.3 Å². The van der Waals surface area contributed by atoms with Gasteiger partial charge in [0, 0.05) is 6.54 Å². The first-order valence-electron chi connectivity index (χ1n) is 9.76. The molecule has 0 aliphatic rings. The summed E-state index contributed by atoms with van der Waals surface area (Å²) in [5.41, 5.74) is -0.128. The number of rotatable bonds is 7. The van der Waals surface area contributed by atoms with Crippen molar-refractivity contribution in [1.29, 1.82) is 0 Å². The number of carbonyl (C=O) groups is 1. The van der Waals surface area contributed by atoms with Crippen molar-refractivity contribution < 1.29 is 9.53 Å². The van der Waals surface area contributed by atoms with Crippen LogP contribution in [0.3, 0.4) is 0 Å². The number of nitrogens with one attached hydrogen (secondary N) is 1. The predicted molar refractivity (Wildman–Crippen MR) is 113 cm³/mol. The summed E-state index contributed by atoms with van der Waals surface area (Å²) in [6.45, 7) is 6.54. The van der Waals surface area contributed by atoms with Crippen LogP contribution in [0.1, 0.15) is 33.2 Å². The number of hydrogen-bond acceptors (Lipinski definition) is 4. The summed E-state index contributed by atoms with van der Waals surface area (Å²) in [6, 6.07) is 12.8. The van der Waals surface area contributed by atoms with Crippen molar-refractivity contribution >= 4 is 16.8 Å². The van der Waals surface area contributed by atoms with Crippen molar-refractivity contribution in [3.63, 3.8) is 0 Å². The SMILES string of the molecule is CCCNC(=O)[C@H](C)n1c(=O)n(-c2ccc(OCC)cc2)c(=O)c2ccccc21. The third kappa shape index (κ3) is 3.94. The van der Waals surface area contributed by atoms with Crippen molar-refractivity contribution in [2.75, 3.05) is 13.2 Å². The van der Waals surface area contributed by atoms with Gasteiger partial charge in [-0.25, -0.2) is 9.36 Å². The molecule has 1 atom stereocenters. The quantitative estimate of drug-likeness (QED) is 0.667. The second kappa shape index (κ2) is 8.77. The first-order chi connectivity index (χ1) is 14.0. The number of aromatic nitrogens is 2. The Hall–Kier alpha value is -3.35. The van der Waals surface area contributed by atoms with Crippen LogP contribution in [0, 0.1) is 0 Å². The van der Waals surface area contributed by atoms with Gasteiger partial charge in [-0.05, 0) is 56.7 Å². The number of fused-ring (bicyclic) bond motifs is 1. The minimum atomic E-state index is -0.770. The molecule has 1 aromatic heterocycles. The molecule has 152 valence electrons. The van der Waals surface area contributed by atoms with Gasteiger partial charge in [-0.15, -0.1) is 0 Å². The largest absolute Gasteiger partial charge is 0.494 e. The van der Waals surface area contributed by atoms with Gasteiger partial charge in [0.25, 0.3) is 5.56 Å².